The Morgan fingerprint density at radius 1 is 1.31 bits per heavy atom. The summed E-state index contributed by atoms with van der Waals surface area (Å²) in [5.41, 5.74) is 1.71. The maximum absolute atomic E-state index is 12.7. The number of amides is 1. The summed E-state index contributed by atoms with van der Waals surface area (Å²) in [5, 5.41) is 4.17. The van der Waals surface area contributed by atoms with Gasteiger partial charge in [-0.1, -0.05) is 24.3 Å². The van der Waals surface area contributed by atoms with Crippen LogP contribution in [0.5, 0.6) is 0 Å². The van der Waals surface area contributed by atoms with Crippen molar-refractivity contribution < 1.29 is 13.9 Å². The molecule has 1 N–H and O–H groups in total. The quantitative estimate of drug-likeness (QED) is 0.733. The summed E-state index contributed by atoms with van der Waals surface area (Å²) in [6.07, 6.45) is 5.25. The van der Waals surface area contributed by atoms with Crippen molar-refractivity contribution in [2.24, 2.45) is 5.92 Å². The number of hydrogen-bond donors (Lipinski definition) is 1. The van der Waals surface area contributed by atoms with Crippen LogP contribution in [-0.2, 0) is 9.53 Å². The van der Waals surface area contributed by atoms with Crippen LogP contribution >= 0.6 is 0 Å². The Morgan fingerprint density at radius 2 is 2.15 bits per heavy atom. The third-order valence-corrected chi connectivity index (χ3v) is 4.90. The number of rotatable bonds is 6. The molecule has 1 aliphatic carbocycles. The zero-order chi connectivity index (χ0) is 17.9. The number of hydrogen-bond acceptors (Lipinski definition) is 4. The molecule has 1 unspecified atom stereocenters. The molecular weight excluding hydrogens is 328 g/mol. The molecule has 1 saturated carbocycles. The summed E-state index contributed by atoms with van der Waals surface area (Å²) >= 11 is 0. The van der Waals surface area contributed by atoms with E-state index in [-0.39, 0.29) is 24.0 Å². The number of aromatic nitrogens is 1. The highest BCUT2D eigenvalue weighted by Crippen LogP contribution is 2.33. The van der Waals surface area contributed by atoms with E-state index in [1.807, 2.05) is 49.4 Å². The van der Waals surface area contributed by atoms with Crippen LogP contribution in [0.2, 0.25) is 0 Å². The molecule has 0 bridgehead atoms. The highest BCUT2D eigenvalue weighted by atomic mass is 16.5. The number of nitrogens with zero attached hydrogens (tertiary/aromatic N) is 1. The molecule has 1 fully saturated rings. The number of ether oxygens (including phenoxy) is 1. The lowest BCUT2D eigenvalue weighted by Gasteiger charge is -2.34. The largest absolute Gasteiger partial charge is 0.459 e. The number of para-hydroxylation sites is 1. The third kappa shape index (κ3) is 3.35. The van der Waals surface area contributed by atoms with Gasteiger partial charge in [0.2, 0.25) is 5.91 Å². The van der Waals surface area contributed by atoms with E-state index >= 15 is 0 Å². The predicted molar refractivity (Wildman–Crippen MR) is 98.6 cm³/mol. The van der Waals surface area contributed by atoms with Gasteiger partial charge in [0.05, 0.1) is 6.10 Å². The fourth-order valence-electron chi connectivity index (χ4n) is 3.42. The van der Waals surface area contributed by atoms with Gasteiger partial charge in [-0.2, -0.15) is 0 Å². The number of carbonyl (C=O) groups is 1. The van der Waals surface area contributed by atoms with E-state index in [0.717, 1.165) is 29.4 Å². The average molecular weight is 350 g/mol. The standard InChI is InChI=1S/C21H22N2O3/c1-2-25-17-10-16(11-17)21(24)23-20(15-7-5-9-22-13-15)19-12-14-6-3-4-8-18(14)26-19/h3-9,12-13,16-17,20H,2,10-11H2,1H3,(H,23,24). The van der Waals surface area contributed by atoms with Gasteiger partial charge in [0.25, 0.3) is 0 Å². The zero-order valence-electron chi connectivity index (χ0n) is 14.7. The highest BCUT2D eigenvalue weighted by Gasteiger charge is 2.36. The SMILES string of the molecule is CCOC1CC(C(=O)NC(c2cccnc2)c2cc3ccccc3o2)C1. The topological polar surface area (TPSA) is 64.4 Å². The Kier molecular flexibility index (Phi) is 4.71. The number of fused-ring (bicyclic) bond motifs is 1. The van der Waals surface area contributed by atoms with Crippen molar-refractivity contribution in [2.75, 3.05) is 6.61 Å². The van der Waals surface area contributed by atoms with Gasteiger partial charge in [-0.05, 0) is 38.0 Å². The maximum atomic E-state index is 12.7. The van der Waals surface area contributed by atoms with Crippen LogP contribution < -0.4 is 5.32 Å². The Hall–Kier alpha value is -2.66. The van der Waals surface area contributed by atoms with Gasteiger partial charge in [-0.3, -0.25) is 9.78 Å². The van der Waals surface area contributed by atoms with Crippen LogP contribution in [-0.4, -0.2) is 23.6 Å². The van der Waals surface area contributed by atoms with Crippen LogP contribution in [0.15, 0.2) is 59.3 Å². The summed E-state index contributed by atoms with van der Waals surface area (Å²) < 4.78 is 11.6. The molecule has 0 spiro atoms. The van der Waals surface area contributed by atoms with E-state index < -0.39 is 0 Å². The van der Waals surface area contributed by atoms with Gasteiger partial charge in [-0.25, -0.2) is 0 Å². The van der Waals surface area contributed by atoms with Crippen molar-refractivity contribution in [3.8, 4) is 0 Å². The first-order valence-corrected chi connectivity index (χ1v) is 9.05. The molecule has 26 heavy (non-hydrogen) atoms. The van der Waals surface area contributed by atoms with Crippen molar-refractivity contribution in [2.45, 2.75) is 31.9 Å². The molecule has 1 aromatic carbocycles. The summed E-state index contributed by atoms with van der Waals surface area (Å²) in [5.74, 6) is 0.749. The minimum atomic E-state index is -0.352. The first-order chi connectivity index (χ1) is 12.7. The first kappa shape index (κ1) is 16.8. The van der Waals surface area contributed by atoms with Gasteiger partial charge in [-0.15, -0.1) is 0 Å². The number of benzene rings is 1. The first-order valence-electron chi connectivity index (χ1n) is 9.05. The lowest BCUT2D eigenvalue weighted by molar-refractivity contribution is -0.134. The van der Waals surface area contributed by atoms with Gasteiger partial charge in [0.15, 0.2) is 0 Å². The number of nitrogens with one attached hydrogen (secondary N) is 1. The summed E-state index contributed by atoms with van der Waals surface area (Å²) in [6, 6.07) is 13.3. The Morgan fingerprint density at radius 3 is 2.88 bits per heavy atom. The second kappa shape index (κ2) is 7.30. The molecule has 4 rings (SSSR count). The average Bonchev–Trinajstić information content (AvgIpc) is 3.06. The van der Waals surface area contributed by atoms with Crippen molar-refractivity contribution in [3.05, 3.63) is 66.2 Å². The maximum Gasteiger partial charge on any atom is 0.224 e. The molecule has 0 aliphatic heterocycles. The normalized spacial score (nSPS) is 20.5. The van der Waals surface area contributed by atoms with E-state index in [1.165, 1.54) is 0 Å². The van der Waals surface area contributed by atoms with Gasteiger partial charge in [0.1, 0.15) is 17.4 Å². The van der Waals surface area contributed by atoms with Crippen LogP contribution in [0.4, 0.5) is 0 Å². The van der Waals surface area contributed by atoms with Gasteiger partial charge in [0, 0.05) is 35.9 Å². The van der Waals surface area contributed by atoms with E-state index in [1.54, 1.807) is 12.4 Å². The molecule has 134 valence electrons. The van der Waals surface area contributed by atoms with Gasteiger partial charge < -0.3 is 14.5 Å². The van der Waals surface area contributed by atoms with Crippen molar-refractivity contribution in [3.63, 3.8) is 0 Å². The van der Waals surface area contributed by atoms with E-state index in [2.05, 4.69) is 10.3 Å². The third-order valence-electron chi connectivity index (χ3n) is 4.90. The highest BCUT2D eigenvalue weighted by molar-refractivity contribution is 5.81. The molecule has 1 aliphatic rings. The minimum absolute atomic E-state index is 0.00454. The predicted octanol–water partition coefficient (Wildman–Crippen LogP) is 3.85. The number of carbonyl (C=O) groups excluding carboxylic acids is 1. The van der Waals surface area contributed by atoms with Crippen LogP contribution in [0.3, 0.4) is 0 Å². The Bertz CT molecular complexity index is 851. The van der Waals surface area contributed by atoms with Crippen molar-refractivity contribution in [1.82, 2.24) is 10.3 Å². The molecule has 0 saturated heterocycles. The lowest BCUT2D eigenvalue weighted by Crippen LogP contribution is -2.43. The molecule has 1 amide bonds. The second-order valence-corrected chi connectivity index (χ2v) is 6.66. The number of furan rings is 1. The zero-order valence-corrected chi connectivity index (χ0v) is 14.7. The van der Waals surface area contributed by atoms with Crippen LogP contribution in [0.25, 0.3) is 11.0 Å². The van der Waals surface area contributed by atoms with E-state index in [9.17, 15) is 4.79 Å². The molecule has 0 radical (unpaired) electrons. The van der Waals surface area contributed by atoms with Crippen molar-refractivity contribution >= 4 is 16.9 Å². The molecule has 5 nitrogen and oxygen atoms in total. The monoisotopic (exact) mass is 350 g/mol. The molecule has 2 heterocycles. The molecule has 3 aromatic rings. The summed E-state index contributed by atoms with van der Waals surface area (Å²) in [7, 11) is 0. The lowest BCUT2D eigenvalue weighted by atomic mass is 9.81. The Balaban J connectivity index is 1.57. The van der Waals surface area contributed by atoms with E-state index in [4.69, 9.17) is 9.15 Å². The minimum Gasteiger partial charge on any atom is -0.459 e. The van der Waals surface area contributed by atoms with Crippen molar-refractivity contribution in [1.29, 1.82) is 0 Å². The number of pyridine rings is 1. The molecule has 1 atom stereocenters. The Labute approximate surface area is 152 Å². The van der Waals surface area contributed by atoms with Gasteiger partial charge >= 0.3 is 0 Å². The molecule has 5 heteroatoms. The molecule has 2 aromatic heterocycles. The van der Waals surface area contributed by atoms with Crippen LogP contribution in [0, 0.1) is 5.92 Å². The smallest absolute Gasteiger partial charge is 0.224 e. The van der Waals surface area contributed by atoms with E-state index in [0.29, 0.717) is 12.4 Å². The molecular formula is C21H22N2O3. The fourth-order valence-corrected chi connectivity index (χ4v) is 3.42. The fraction of sp³-hybridized carbons (Fsp3) is 0.333. The second-order valence-electron chi connectivity index (χ2n) is 6.66. The van der Waals surface area contributed by atoms with Crippen LogP contribution in [0.1, 0.15) is 37.1 Å². The summed E-state index contributed by atoms with van der Waals surface area (Å²) in [4.78, 5) is 16.9. The summed E-state index contributed by atoms with van der Waals surface area (Å²) in [6.45, 7) is 2.67.